The molecule has 0 saturated heterocycles. The Morgan fingerprint density at radius 2 is 1.47 bits per heavy atom. The minimum Gasteiger partial charge on any atom is -0.375 e. The van der Waals surface area contributed by atoms with E-state index in [4.69, 9.17) is 0 Å². The Hall–Kier alpha value is -1.15. The third-order valence-electron chi connectivity index (χ3n) is 2.33. The topological polar surface area (TPSA) is 12.0 Å². The Bertz CT molecular complexity index is 599. The van der Waals surface area contributed by atoms with E-state index >= 15 is 0 Å². The van der Waals surface area contributed by atoms with Crippen LogP contribution < -0.4 is 5.32 Å². The van der Waals surface area contributed by atoms with Gasteiger partial charge in [0.05, 0.1) is 6.54 Å². The minimum absolute atomic E-state index is 0.0589. The van der Waals surface area contributed by atoms with Crippen molar-refractivity contribution in [2.45, 2.75) is 6.54 Å². The van der Waals surface area contributed by atoms with Gasteiger partial charge < -0.3 is 5.32 Å². The molecule has 1 aromatic heterocycles. The van der Waals surface area contributed by atoms with Crippen LogP contribution in [0.4, 0.5) is 27.6 Å². The van der Waals surface area contributed by atoms with Crippen molar-refractivity contribution in [3.63, 3.8) is 0 Å². The second-order valence-corrected chi connectivity index (χ2v) is 5.35. The van der Waals surface area contributed by atoms with E-state index in [0.717, 1.165) is 0 Å². The standard InChI is InChI=1S/C11H5BrF5NS/c12-4-1-2-19-5(4)3-18-11-9(16)7(14)6(13)8(15)10(11)17/h1-2,18H,3H2. The molecule has 19 heavy (non-hydrogen) atoms. The minimum atomic E-state index is -2.17. The number of rotatable bonds is 3. The molecule has 0 spiro atoms. The van der Waals surface area contributed by atoms with Crippen LogP contribution >= 0.6 is 27.3 Å². The molecule has 0 fully saturated rings. The van der Waals surface area contributed by atoms with Crippen LogP contribution in [-0.2, 0) is 6.54 Å². The molecule has 0 aliphatic rings. The quantitative estimate of drug-likeness (QED) is 0.471. The number of nitrogens with one attached hydrogen (secondary N) is 1. The van der Waals surface area contributed by atoms with E-state index in [1.165, 1.54) is 11.3 Å². The van der Waals surface area contributed by atoms with Gasteiger partial charge in [0.25, 0.3) is 0 Å². The molecule has 102 valence electrons. The van der Waals surface area contributed by atoms with Crippen LogP contribution in [0.2, 0.25) is 0 Å². The summed E-state index contributed by atoms with van der Waals surface area (Å²) in [6.07, 6.45) is 0. The van der Waals surface area contributed by atoms with Gasteiger partial charge in [0.15, 0.2) is 23.3 Å². The number of hydrogen-bond donors (Lipinski definition) is 1. The lowest BCUT2D eigenvalue weighted by Crippen LogP contribution is -2.09. The highest BCUT2D eigenvalue weighted by atomic mass is 79.9. The third-order valence-corrected chi connectivity index (χ3v) is 4.25. The monoisotopic (exact) mass is 357 g/mol. The van der Waals surface area contributed by atoms with Crippen LogP contribution in [0.15, 0.2) is 15.9 Å². The Morgan fingerprint density at radius 3 is 1.95 bits per heavy atom. The highest BCUT2D eigenvalue weighted by Crippen LogP contribution is 2.29. The molecule has 0 bridgehead atoms. The van der Waals surface area contributed by atoms with Crippen molar-refractivity contribution in [2.75, 3.05) is 5.32 Å². The highest BCUT2D eigenvalue weighted by Gasteiger charge is 2.25. The van der Waals surface area contributed by atoms with Crippen molar-refractivity contribution in [3.8, 4) is 0 Å². The molecule has 2 aromatic rings. The first-order valence-corrected chi connectivity index (χ1v) is 6.58. The average Bonchev–Trinajstić information content (AvgIpc) is 2.80. The predicted molar refractivity (Wildman–Crippen MR) is 65.6 cm³/mol. The molecular formula is C11H5BrF5NS. The smallest absolute Gasteiger partial charge is 0.200 e. The van der Waals surface area contributed by atoms with Gasteiger partial charge in [-0.2, -0.15) is 0 Å². The van der Waals surface area contributed by atoms with Crippen LogP contribution in [0.3, 0.4) is 0 Å². The predicted octanol–water partition coefficient (Wildman–Crippen LogP) is 4.82. The first kappa shape index (κ1) is 14.3. The van der Waals surface area contributed by atoms with E-state index in [-0.39, 0.29) is 6.54 Å². The molecule has 2 rings (SSSR count). The van der Waals surface area contributed by atoms with Gasteiger partial charge in [0.1, 0.15) is 5.69 Å². The summed E-state index contributed by atoms with van der Waals surface area (Å²) < 4.78 is 66.1. The zero-order valence-corrected chi connectivity index (χ0v) is 11.4. The number of benzene rings is 1. The summed E-state index contributed by atoms with van der Waals surface area (Å²) in [6.45, 7) is -0.0589. The van der Waals surface area contributed by atoms with Crippen LogP contribution in [0.25, 0.3) is 0 Å². The Labute approximate surface area is 117 Å². The molecule has 1 nitrogen and oxygen atoms in total. The van der Waals surface area contributed by atoms with E-state index in [1.54, 1.807) is 11.4 Å². The normalized spacial score (nSPS) is 10.8. The lowest BCUT2D eigenvalue weighted by molar-refractivity contribution is 0.381. The van der Waals surface area contributed by atoms with E-state index in [0.29, 0.717) is 9.35 Å². The fraction of sp³-hybridized carbons (Fsp3) is 0.0909. The second kappa shape index (κ2) is 5.46. The first-order chi connectivity index (χ1) is 8.93. The summed E-state index contributed by atoms with van der Waals surface area (Å²) in [6, 6.07) is 1.71. The molecule has 0 aliphatic heterocycles. The molecule has 1 heterocycles. The molecule has 1 N–H and O–H groups in total. The van der Waals surface area contributed by atoms with E-state index in [2.05, 4.69) is 21.2 Å². The molecule has 0 aliphatic carbocycles. The van der Waals surface area contributed by atoms with Gasteiger partial charge in [-0.1, -0.05) is 0 Å². The largest absolute Gasteiger partial charge is 0.375 e. The number of halogens is 6. The van der Waals surface area contributed by atoms with Crippen LogP contribution in [0, 0.1) is 29.1 Å². The van der Waals surface area contributed by atoms with Crippen molar-refractivity contribution in [1.29, 1.82) is 0 Å². The van der Waals surface area contributed by atoms with Crippen molar-refractivity contribution in [3.05, 3.63) is 49.9 Å². The molecule has 0 atom stereocenters. The fourth-order valence-electron chi connectivity index (χ4n) is 1.38. The Kier molecular flexibility index (Phi) is 4.10. The number of anilines is 1. The Morgan fingerprint density at radius 1 is 0.947 bits per heavy atom. The Balaban J connectivity index is 2.33. The van der Waals surface area contributed by atoms with Crippen LogP contribution in [-0.4, -0.2) is 0 Å². The molecule has 8 heteroatoms. The summed E-state index contributed by atoms with van der Waals surface area (Å²) in [7, 11) is 0. The van der Waals surface area contributed by atoms with Crippen LogP contribution in [0.1, 0.15) is 4.88 Å². The zero-order chi connectivity index (χ0) is 14.2. The molecule has 0 saturated carbocycles. The van der Waals surface area contributed by atoms with Crippen molar-refractivity contribution in [1.82, 2.24) is 0 Å². The summed E-state index contributed by atoms with van der Waals surface area (Å²) in [5.74, 6) is -9.84. The van der Waals surface area contributed by atoms with Gasteiger partial charge in [-0.25, -0.2) is 22.0 Å². The third kappa shape index (κ3) is 2.59. The van der Waals surface area contributed by atoms with Crippen molar-refractivity contribution >= 4 is 33.0 Å². The lowest BCUT2D eigenvalue weighted by Gasteiger charge is -2.10. The van der Waals surface area contributed by atoms with Gasteiger partial charge in [-0.05, 0) is 27.4 Å². The summed E-state index contributed by atoms with van der Waals surface area (Å²) >= 11 is 4.47. The van der Waals surface area contributed by atoms with Gasteiger partial charge in [-0.15, -0.1) is 11.3 Å². The lowest BCUT2D eigenvalue weighted by atomic mass is 10.2. The molecule has 0 amide bonds. The second-order valence-electron chi connectivity index (χ2n) is 3.49. The maximum atomic E-state index is 13.3. The zero-order valence-electron chi connectivity index (χ0n) is 9.04. The van der Waals surface area contributed by atoms with E-state index < -0.39 is 34.8 Å². The van der Waals surface area contributed by atoms with Crippen molar-refractivity contribution < 1.29 is 22.0 Å². The highest BCUT2D eigenvalue weighted by molar-refractivity contribution is 9.10. The van der Waals surface area contributed by atoms with E-state index in [1.807, 2.05) is 0 Å². The van der Waals surface area contributed by atoms with E-state index in [9.17, 15) is 22.0 Å². The van der Waals surface area contributed by atoms with Gasteiger partial charge in [0, 0.05) is 9.35 Å². The molecular weight excluding hydrogens is 353 g/mol. The first-order valence-electron chi connectivity index (χ1n) is 4.90. The maximum Gasteiger partial charge on any atom is 0.200 e. The van der Waals surface area contributed by atoms with Crippen LogP contribution in [0.5, 0.6) is 0 Å². The van der Waals surface area contributed by atoms with Gasteiger partial charge >= 0.3 is 0 Å². The van der Waals surface area contributed by atoms with Gasteiger partial charge in [0.2, 0.25) is 5.82 Å². The molecule has 0 radical (unpaired) electrons. The maximum absolute atomic E-state index is 13.3. The van der Waals surface area contributed by atoms with Gasteiger partial charge in [-0.3, -0.25) is 0 Å². The number of thiophene rings is 1. The SMILES string of the molecule is Fc1c(F)c(F)c(NCc2sccc2Br)c(F)c1F. The average molecular weight is 358 g/mol. The van der Waals surface area contributed by atoms with Crippen molar-refractivity contribution in [2.24, 2.45) is 0 Å². The fourth-order valence-corrected chi connectivity index (χ4v) is 2.81. The summed E-state index contributed by atoms with van der Waals surface area (Å²) in [5, 5.41) is 3.94. The molecule has 1 aromatic carbocycles. The summed E-state index contributed by atoms with van der Waals surface area (Å²) in [4.78, 5) is 0.670. The number of hydrogen-bond acceptors (Lipinski definition) is 2. The summed E-state index contributed by atoms with van der Waals surface area (Å²) in [5.41, 5.74) is -1.03. The molecule has 0 unspecified atom stereocenters.